The van der Waals surface area contributed by atoms with E-state index in [0.717, 1.165) is 12.1 Å². The minimum atomic E-state index is -10.7. The van der Waals surface area contributed by atoms with Gasteiger partial charge in [-0.3, -0.25) is 4.79 Å². The molecule has 2 rings (SSSR count). The average molecular weight is 443 g/mol. The van der Waals surface area contributed by atoms with Gasteiger partial charge < -0.3 is 14.5 Å². The standard InChI is InChI=1S/C15H21ClN2O2.F6P/c1-15(11-20-15)14(19)18(8-7-17(2)3)10-12-5-4-6-13(16)9-12;1-7(2,3,4,5)6/h4-6,9H,7-8,10-11H2,1-3H3;/q;-1/p+1. The number of benzene rings is 1. The number of amides is 1. The summed E-state index contributed by atoms with van der Waals surface area (Å²) in [4.78, 5) is 15.7. The summed E-state index contributed by atoms with van der Waals surface area (Å²) in [6.07, 6.45) is 0. The Bertz CT molecular complexity index is 669. The zero-order valence-electron chi connectivity index (χ0n) is 15.0. The minimum absolute atomic E-state index is 0.0683. The molecule has 1 amide bonds. The molecule has 0 bridgehead atoms. The van der Waals surface area contributed by atoms with Crippen molar-refractivity contribution in [3.63, 3.8) is 0 Å². The Kier molecular flexibility index (Phi) is 6.55. The molecule has 1 saturated heterocycles. The van der Waals surface area contributed by atoms with Gasteiger partial charge in [0.25, 0.3) is 5.91 Å². The predicted octanol–water partition coefficient (Wildman–Crippen LogP) is 3.98. The maximum atomic E-state index is 12.5. The number of carbonyl (C=O) groups excluding carboxylic acids is 1. The number of hydrogen-bond acceptors (Lipinski definition) is 2. The molecule has 1 fully saturated rings. The first kappa shape index (κ1) is 23.9. The van der Waals surface area contributed by atoms with Crippen molar-refractivity contribution >= 4 is 25.3 Å². The van der Waals surface area contributed by atoms with Gasteiger partial charge in [0, 0.05) is 11.6 Å². The summed E-state index contributed by atoms with van der Waals surface area (Å²) in [5, 5.41) is 0.696. The number of quaternary nitrogens is 1. The molecule has 1 aliphatic heterocycles. The fraction of sp³-hybridized carbons (Fsp3) is 0.533. The topological polar surface area (TPSA) is 37.3 Å². The molecule has 0 radical (unpaired) electrons. The predicted molar refractivity (Wildman–Crippen MR) is 92.5 cm³/mol. The molecule has 0 aromatic heterocycles. The molecular weight excluding hydrogens is 421 g/mol. The summed E-state index contributed by atoms with van der Waals surface area (Å²) >= 11 is 6.01. The van der Waals surface area contributed by atoms with Crippen LogP contribution in [0.1, 0.15) is 12.5 Å². The number of epoxide rings is 1. The third-order valence-corrected chi connectivity index (χ3v) is 3.70. The molecular formula is C15H22ClF6N2O2P. The summed E-state index contributed by atoms with van der Waals surface area (Å²) in [5.41, 5.74) is 0.434. The molecule has 12 heteroatoms. The first-order valence-electron chi connectivity index (χ1n) is 7.89. The number of halogens is 7. The van der Waals surface area contributed by atoms with Crippen molar-refractivity contribution in [1.82, 2.24) is 4.90 Å². The molecule has 1 aromatic carbocycles. The first-order valence-corrected chi connectivity index (χ1v) is 10.3. The van der Waals surface area contributed by atoms with E-state index in [1.807, 2.05) is 36.1 Å². The van der Waals surface area contributed by atoms with E-state index < -0.39 is 13.4 Å². The molecule has 158 valence electrons. The third-order valence-electron chi connectivity index (χ3n) is 3.46. The van der Waals surface area contributed by atoms with Crippen LogP contribution in [0.2, 0.25) is 5.02 Å². The summed E-state index contributed by atoms with van der Waals surface area (Å²) < 4.78 is 64.5. The average Bonchev–Trinajstić information content (AvgIpc) is 3.18. The summed E-state index contributed by atoms with van der Waals surface area (Å²) in [6, 6.07) is 7.64. The van der Waals surface area contributed by atoms with Crippen LogP contribution in [-0.4, -0.2) is 50.2 Å². The van der Waals surface area contributed by atoms with Gasteiger partial charge in [0.05, 0.1) is 33.8 Å². The number of carbonyl (C=O) groups is 1. The van der Waals surface area contributed by atoms with E-state index in [2.05, 4.69) is 14.1 Å². The number of hydrogen-bond donors (Lipinski definition) is 1. The quantitative estimate of drug-likeness (QED) is 0.411. The summed E-state index contributed by atoms with van der Waals surface area (Å²) in [5.74, 6) is 0.0683. The van der Waals surface area contributed by atoms with E-state index in [1.165, 1.54) is 4.90 Å². The molecule has 0 saturated carbocycles. The number of nitrogens with one attached hydrogen (secondary N) is 1. The van der Waals surface area contributed by atoms with Crippen molar-refractivity contribution in [1.29, 1.82) is 0 Å². The SMILES string of the molecule is C[NH+](C)CCN(Cc1cccc(Cl)c1)C(=O)C1(C)CO1.F[P-](F)(F)(F)(F)F. The monoisotopic (exact) mass is 442 g/mol. The summed E-state index contributed by atoms with van der Waals surface area (Å²) in [7, 11) is -6.50. The number of nitrogens with zero attached hydrogens (tertiary/aromatic N) is 1. The molecule has 1 N–H and O–H groups in total. The fourth-order valence-electron chi connectivity index (χ4n) is 2.03. The molecule has 27 heavy (non-hydrogen) atoms. The number of ether oxygens (including phenoxy) is 1. The van der Waals surface area contributed by atoms with E-state index in [0.29, 0.717) is 24.7 Å². The van der Waals surface area contributed by atoms with Gasteiger partial charge in [-0.05, 0) is 24.6 Å². The van der Waals surface area contributed by atoms with Crippen LogP contribution in [-0.2, 0) is 16.1 Å². The van der Waals surface area contributed by atoms with Gasteiger partial charge >= 0.3 is 33.0 Å². The Morgan fingerprint density at radius 1 is 1.26 bits per heavy atom. The van der Waals surface area contributed by atoms with E-state index in [-0.39, 0.29) is 5.91 Å². The van der Waals surface area contributed by atoms with Crippen LogP contribution in [0.15, 0.2) is 24.3 Å². The van der Waals surface area contributed by atoms with Gasteiger partial charge in [-0.2, -0.15) is 0 Å². The fourth-order valence-corrected chi connectivity index (χ4v) is 2.25. The Labute approximate surface area is 158 Å². The molecule has 1 aliphatic rings. The Balaban J connectivity index is 0.000000445. The van der Waals surface area contributed by atoms with Gasteiger partial charge in [-0.25, -0.2) is 0 Å². The second-order valence-corrected chi connectivity index (χ2v) is 9.14. The van der Waals surface area contributed by atoms with Crippen molar-refractivity contribution in [2.24, 2.45) is 0 Å². The van der Waals surface area contributed by atoms with Gasteiger partial charge in [-0.1, -0.05) is 23.7 Å². The van der Waals surface area contributed by atoms with Gasteiger partial charge in [-0.15, -0.1) is 0 Å². The maximum absolute atomic E-state index is 12.5. The normalized spacial score (nSPS) is 21.6. The van der Waals surface area contributed by atoms with Crippen molar-refractivity contribution in [3.8, 4) is 0 Å². The Hall–Kier alpha value is -1.09. The van der Waals surface area contributed by atoms with Crippen LogP contribution in [0.5, 0.6) is 0 Å². The number of rotatable bonds is 6. The van der Waals surface area contributed by atoms with Crippen LogP contribution in [0.4, 0.5) is 25.2 Å². The van der Waals surface area contributed by atoms with Gasteiger partial charge in [0.15, 0.2) is 5.60 Å². The molecule has 1 aromatic rings. The third kappa shape index (κ3) is 12.1. The molecule has 1 heterocycles. The van der Waals surface area contributed by atoms with Crippen molar-refractivity contribution in [2.75, 3.05) is 33.8 Å². The van der Waals surface area contributed by atoms with E-state index in [1.54, 1.807) is 0 Å². The van der Waals surface area contributed by atoms with E-state index in [9.17, 15) is 30.0 Å². The summed E-state index contributed by atoms with van der Waals surface area (Å²) in [6.45, 7) is 4.57. The Morgan fingerprint density at radius 2 is 1.78 bits per heavy atom. The molecule has 0 spiro atoms. The zero-order valence-corrected chi connectivity index (χ0v) is 16.6. The van der Waals surface area contributed by atoms with Crippen LogP contribution in [0, 0.1) is 0 Å². The second kappa shape index (κ2) is 7.39. The first-order chi connectivity index (χ1) is 11.9. The van der Waals surface area contributed by atoms with Crippen LogP contribution >= 0.6 is 19.4 Å². The van der Waals surface area contributed by atoms with Gasteiger partial charge in [0.1, 0.15) is 0 Å². The molecule has 0 aliphatic carbocycles. The van der Waals surface area contributed by atoms with Crippen LogP contribution in [0.3, 0.4) is 0 Å². The van der Waals surface area contributed by atoms with E-state index in [4.69, 9.17) is 16.3 Å². The van der Waals surface area contributed by atoms with E-state index >= 15 is 0 Å². The van der Waals surface area contributed by atoms with Gasteiger partial charge in [0.2, 0.25) is 0 Å². The molecule has 4 nitrogen and oxygen atoms in total. The van der Waals surface area contributed by atoms with Crippen molar-refractivity contribution in [3.05, 3.63) is 34.9 Å². The van der Waals surface area contributed by atoms with Crippen molar-refractivity contribution < 1.29 is 39.6 Å². The Morgan fingerprint density at radius 3 is 2.19 bits per heavy atom. The zero-order chi connectivity index (χ0) is 21.2. The van der Waals surface area contributed by atoms with Crippen LogP contribution in [0.25, 0.3) is 0 Å². The second-order valence-electron chi connectivity index (χ2n) is 6.79. The number of likely N-dealkylation sites (N-methyl/N-ethyl adjacent to an activating group) is 1. The van der Waals surface area contributed by atoms with Crippen molar-refractivity contribution in [2.45, 2.75) is 19.1 Å². The van der Waals surface area contributed by atoms with Crippen LogP contribution < -0.4 is 4.90 Å². The molecule has 1 unspecified atom stereocenters. The molecule has 1 atom stereocenters.